The van der Waals surface area contributed by atoms with E-state index in [1.54, 1.807) is 12.1 Å². The summed E-state index contributed by atoms with van der Waals surface area (Å²) in [6, 6.07) is 3.32. The molecule has 5 nitrogen and oxygen atoms in total. The highest BCUT2D eigenvalue weighted by Crippen LogP contribution is 2.30. The second-order valence-corrected chi connectivity index (χ2v) is 6.96. The van der Waals surface area contributed by atoms with E-state index < -0.39 is 5.91 Å². The number of carbonyl (C=O) groups excluding carboxylic acids is 2. The molecule has 0 aromatic heterocycles. The molecule has 0 spiro atoms. The van der Waals surface area contributed by atoms with E-state index in [2.05, 4.69) is 21.2 Å². The lowest BCUT2D eigenvalue weighted by Gasteiger charge is -2.23. The van der Waals surface area contributed by atoms with Crippen LogP contribution in [-0.4, -0.2) is 41.0 Å². The van der Waals surface area contributed by atoms with Crippen LogP contribution in [0.5, 0.6) is 5.75 Å². The van der Waals surface area contributed by atoms with E-state index in [1.807, 2.05) is 27.7 Å². The summed E-state index contributed by atoms with van der Waals surface area (Å²) in [4.78, 5) is 25.5. The number of carbonyl (C=O) groups is 2. The van der Waals surface area contributed by atoms with Gasteiger partial charge in [0.1, 0.15) is 5.75 Å². The molecule has 1 aromatic carbocycles. The van der Waals surface area contributed by atoms with Crippen LogP contribution in [0.3, 0.4) is 0 Å². The molecule has 0 aliphatic heterocycles. The third-order valence-electron chi connectivity index (χ3n) is 2.68. The number of likely N-dealkylation sites (N-methyl/N-ethyl adjacent to an activating group) is 1. The summed E-state index contributed by atoms with van der Waals surface area (Å²) in [5.74, 6) is -0.765. The Kier molecular flexibility index (Phi) is 5.39. The monoisotopic (exact) mass is 356 g/mol. The molecular formula is C15H21BrN2O3. The minimum atomic E-state index is -0.402. The average molecular weight is 357 g/mol. The van der Waals surface area contributed by atoms with E-state index in [0.29, 0.717) is 4.47 Å². The molecule has 21 heavy (non-hydrogen) atoms. The molecule has 0 radical (unpaired) electrons. The molecule has 0 heterocycles. The van der Waals surface area contributed by atoms with Gasteiger partial charge in [0, 0.05) is 12.6 Å². The van der Waals surface area contributed by atoms with Crippen molar-refractivity contribution in [3.63, 3.8) is 0 Å². The Labute approximate surface area is 133 Å². The van der Waals surface area contributed by atoms with Crippen molar-refractivity contribution in [2.75, 3.05) is 13.6 Å². The second-order valence-electron chi connectivity index (χ2n) is 6.10. The number of rotatable bonds is 3. The average Bonchev–Trinajstić information content (AvgIpc) is 2.30. The summed E-state index contributed by atoms with van der Waals surface area (Å²) in [5, 5.41) is 12.8. The van der Waals surface area contributed by atoms with Crippen molar-refractivity contribution in [3.8, 4) is 5.75 Å². The van der Waals surface area contributed by atoms with Crippen LogP contribution in [0, 0.1) is 6.92 Å². The summed E-state index contributed by atoms with van der Waals surface area (Å²) in [6.45, 7) is 7.37. The molecule has 6 heteroatoms. The number of aromatic hydroxyl groups is 1. The SMILES string of the molecule is Cc1cc(Br)c(O)c(C(=O)N(C)CC(=O)NC(C)(C)C)c1. The fourth-order valence-corrected chi connectivity index (χ4v) is 2.42. The molecule has 0 unspecified atom stereocenters. The number of nitrogens with zero attached hydrogens (tertiary/aromatic N) is 1. The van der Waals surface area contributed by atoms with Gasteiger partial charge in [0.15, 0.2) is 0 Å². The fourth-order valence-electron chi connectivity index (χ4n) is 1.85. The van der Waals surface area contributed by atoms with Crippen molar-refractivity contribution >= 4 is 27.7 Å². The van der Waals surface area contributed by atoms with Crippen molar-refractivity contribution in [2.45, 2.75) is 33.2 Å². The number of nitrogens with one attached hydrogen (secondary N) is 1. The maximum atomic E-state index is 12.3. The Hall–Kier alpha value is -1.56. The first-order valence-electron chi connectivity index (χ1n) is 6.57. The summed E-state index contributed by atoms with van der Waals surface area (Å²) < 4.78 is 0.457. The lowest BCUT2D eigenvalue weighted by Crippen LogP contribution is -2.46. The number of hydrogen-bond acceptors (Lipinski definition) is 3. The highest BCUT2D eigenvalue weighted by molar-refractivity contribution is 9.10. The van der Waals surface area contributed by atoms with Crippen molar-refractivity contribution in [1.82, 2.24) is 10.2 Å². The first-order valence-corrected chi connectivity index (χ1v) is 7.36. The van der Waals surface area contributed by atoms with Crippen molar-refractivity contribution in [3.05, 3.63) is 27.7 Å². The molecule has 2 N–H and O–H groups in total. The summed E-state index contributed by atoms with van der Waals surface area (Å²) in [7, 11) is 1.53. The number of phenolic OH excluding ortho intramolecular Hbond substituents is 1. The van der Waals surface area contributed by atoms with Crippen molar-refractivity contribution < 1.29 is 14.7 Å². The standard InChI is InChI=1S/C15H21BrN2O3/c1-9-6-10(13(20)11(16)7-9)14(21)18(5)8-12(19)17-15(2,3)4/h6-7,20H,8H2,1-5H3,(H,17,19). The predicted octanol–water partition coefficient (Wildman–Crippen LogP) is 2.45. The molecule has 116 valence electrons. The zero-order valence-corrected chi connectivity index (χ0v) is 14.5. The number of phenols is 1. The topological polar surface area (TPSA) is 69.6 Å². The van der Waals surface area contributed by atoms with Gasteiger partial charge in [-0.1, -0.05) is 0 Å². The molecule has 0 saturated heterocycles. The molecule has 0 aliphatic carbocycles. The van der Waals surface area contributed by atoms with Gasteiger partial charge in [-0.25, -0.2) is 0 Å². The number of benzene rings is 1. The lowest BCUT2D eigenvalue weighted by molar-refractivity contribution is -0.122. The Balaban J connectivity index is 2.87. The van der Waals surface area contributed by atoms with Crippen molar-refractivity contribution in [2.24, 2.45) is 0 Å². The van der Waals surface area contributed by atoms with Gasteiger partial charge >= 0.3 is 0 Å². The van der Waals surface area contributed by atoms with Gasteiger partial charge in [-0.15, -0.1) is 0 Å². The van der Waals surface area contributed by atoms with Crippen LogP contribution >= 0.6 is 15.9 Å². The van der Waals surface area contributed by atoms with E-state index in [9.17, 15) is 14.7 Å². The van der Waals surface area contributed by atoms with Gasteiger partial charge in [-0.3, -0.25) is 9.59 Å². The van der Waals surface area contributed by atoms with Crippen LogP contribution in [0.1, 0.15) is 36.7 Å². The summed E-state index contributed by atoms with van der Waals surface area (Å²) in [5.41, 5.74) is 0.665. The van der Waals surface area contributed by atoms with Gasteiger partial charge in [0.25, 0.3) is 5.91 Å². The van der Waals surface area contributed by atoms with Gasteiger partial charge < -0.3 is 15.3 Å². The van der Waals surface area contributed by atoms with E-state index in [4.69, 9.17) is 0 Å². The third-order valence-corrected chi connectivity index (χ3v) is 3.28. The van der Waals surface area contributed by atoms with Crippen LogP contribution in [0.25, 0.3) is 0 Å². The second kappa shape index (κ2) is 6.47. The zero-order valence-electron chi connectivity index (χ0n) is 13.0. The minimum Gasteiger partial charge on any atom is -0.506 e. The molecule has 0 bridgehead atoms. The van der Waals surface area contributed by atoms with Crippen LogP contribution < -0.4 is 5.32 Å². The molecule has 0 aliphatic rings. The van der Waals surface area contributed by atoms with E-state index in [0.717, 1.165) is 5.56 Å². The Morgan fingerprint density at radius 1 is 1.33 bits per heavy atom. The maximum absolute atomic E-state index is 12.3. The van der Waals surface area contributed by atoms with Gasteiger partial charge in [0.2, 0.25) is 5.91 Å². The normalized spacial score (nSPS) is 11.1. The van der Waals surface area contributed by atoms with Gasteiger partial charge in [0.05, 0.1) is 16.6 Å². The number of aryl methyl sites for hydroxylation is 1. The van der Waals surface area contributed by atoms with Crippen molar-refractivity contribution in [1.29, 1.82) is 0 Å². The first kappa shape index (κ1) is 17.5. The fraction of sp³-hybridized carbons (Fsp3) is 0.467. The molecule has 0 saturated carbocycles. The van der Waals surface area contributed by atoms with Crippen LogP contribution in [-0.2, 0) is 4.79 Å². The Bertz CT molecular complexity index is 565. The van der Waals surface area contributed by atoms with Crippen LogP contribution in [0.4, 0.5) is 0 Å². The smallest absolute Gasteiger partial charge is 0.257 e. The van der Waals surface area contributed by atoms with E-state index in [1.165, 1.54) is 11.9 Å². The molecule has 0 atom stereocenters. The highest BCUT2D eigenvalue weighted by Gasteiger charge is 2.21. The first-order chi connectivity index (χ1) is 9.51. The lowest BCUT2D eigenvalue weighted by atomic mass is 10.1. The molecule has 0 fully saturated rings. The Morgan fingerprint density at radius 3 is 2.43 bits per heavy atom. The zero-order chi connectivity index (χ0) is 16.4. The number of hydrogen-bond donors (Lipinski definition) is 2. The van der Waals surface area contributed by atoms with Gasteiger partial charge in [-0.05, 0) is 61.3 Å². The molecule has 1 rings (SSSR count). The number of halogens is 1. The highest BCUT2D eigenvalue weighted by atomic mass is 79.9. The maximum Gasteiger partial charge on any atom is 0.257 e. The van der Waals surface area contributed by atoms with Crippen LogP contribution in [0.2, 0.25) is 0 Å². The van der Waals surface area contributed by atoms with E-state index in [-0.39, 0.29) is 29.3 Å². The summed E-state index contributed by atoms with van der Waals surface area (Å²) >= 11 is 3.20. The molecule has 1 aromatic rings. The third kappa shape index (κ3) is 5.04. The largest absolute Gasteiger partial charge is 0.506 e. The minimum absolute atomic E-state index is 0.0683. The quantitative estimate of drug-likeness (QED) is 0.873. The summed E-state index contributed by atoms with van der Waals surface area (Å²) in [6.07, 6.45) is 0. The Morgan fingerprint density at radius 2 is 1.90 bits per heavy atom. The predicted molar refractivity (Wildman–Crippen MR) is 85.4 cm³/mol. The van der Waals surface area contributed by atoms with Gasteiger partial charge in [-0.2, -0.15) is 0 Å². The molecule has 2 amide bonds. The van der Waals surface area contributed by atoms with Crippen LogP contribution in [0.15, 0.2) is 16.6 Å². The number of amides is 2. The molecular weight excluding hydrogens is 336 g/mol. The van der Waals surface area contributed by atoms with E-state index >= 15 is 0 Å².